The Kier molecular flexibility index (Phi) is 5.08. The fourth-order valence-corrected chi connectivity index (χ4v) is 6.86. The lowest BCUT2D eigenvalue weighted by molar-refractivity contribution is 0.0370. The van der Waals surface area contributed by atoms with Gasteiger partial charge in [0.15, 0.2) is 0 Å². The number of hydrogen-bond acceptors (Lipinski definition) is 4. The van der Waals surface area contributed by atoms with Crippen molar-refractivity contribution in [2.24, 2.45) is 0 Å². The summed E-state index contributed by atoms with van der Waals surface area (Å²) in [4.78, 5) is 0.387. The molecule has 0 radical (unpaired) electrons. The number of nitrogens with zero attached hydrogens (tertiary/aromatic N) is 1. The minimum absolute atomic E-state index is 0.0592. The van der Waals surface area contributed by atoms with Crippen LogP contribution in [0, 0.1) is 6.92 Å². The molecular weight excluding hydrogens is 408 g/mol. The molecule has 0 spiro atoms. The molecule has 2 saturated heterocycles. The highest BCUT2D eigenvalue weighted by molar-refractivity contribution is 7.89. The van der Waals surface area contributed by atoms with Gasteiger partial charge in [0.2, 0.25) is 10.0 Å². The van der Waals surface area contributed by atoms with E-state index in [1.54, 1.807) is 23.5 Å². The topological polar surface area (TPSA) is 58.6 Å². The molecule has 1 unspecified atom stereocenters. The van der Waals surface area contributed by atoms with Gasteiger partial charge in [0.05, 0.1) is 12.0 Å². The molecule has 2 aliphatic rings. The maximum Gasteiger partial charge on any atom is 0.243 e. The van der Waals surface area contributed by atoms with Crippen molar-refractivity contribution in [1.82, 2.24) is 9.62 Å². The number of ether oxygens (including phenoxy) is 1. The molecule has 0 amide bonds. The van der Waals surface area contributed by atoms with Crippen molar-refractivity contribution < 1.29 is 13.2 Å². The van der Waals surface area contributed by atoms with Gasteiger partial charge in [-0.25, -0.2) is 8.42 Å². The Balaban J connectivity index is 1.39. The third kappa shape index (κ3) is 3.45. The third-order valence-corrected chi connectivity index (χ3v) is 8.42. The molecule has 0 aliphatic carbocycles. The summed E-state index contributed by atoms with van der Waals surface area (Å²) in [5, 5.41) is 3.38. The molecule has 2 heterocycles. The molecule has 0 aromatic heterocycles. The van der Waals surface area contributed by atoms with Crippen molar-refractivity contribution in [2.75, 3.05) is 20.2 Å². The van der Waals surface area contributed by atoms with E-state index >= 15 is 0 Å². The minimum atomic E-state index is -3.50. The summed E-state index contributed by atoms with van der Waals surface area (Å²) in [6.07, 6.45) is 0. The average molecular weight is 435 g/mol. The Morgan fingerprint density at radius 1 is 0.903 bits per heavy atom. The van der Waals surface area contributed by atoms with E-state index in [2.05, 4.69) is 29.6 Å². The van der Waals surface area contributed by atoms with E-state index in [0.29, 0.717) is 18.0 Å². The van der Waals surface area contributed by atoms with Crippen LogP contribution in [0.4, 0.5) is 0 Å². The SMILES string of the molecule is COc1ccc(-c2ccc(C3[C@H]4CNC[C@@H]3N4S(=O)(=O)c3cccc(C)c3)cc2)cc1. The van der Waals surface area contributed by atoms with Crippen LogP contribution in [-0.2, 0) is 10.0 Å². The molecule has 0 saturated carbocycles. The van der Waals surface area contributed by atoms with E-state index in [-0.39, 0.29) is 18.0 Å². The molecule has 1 N–H and O–H groups in total. The van der Waals surface area contributed by atoms with Gasteiger partial charge in [0.25, 0.3) is 0 Å². The van der Waals surface area contributed by atoms with Gasteiger partial charge < -0.3 is 10.1 Å². The van der Waals surface area contributed by atoms with Gasteiger partial charge in [-0.2, -0.15) is 4.31 Å². The zero-order valence-electron chi connectivity index (χ0n) is 17.7. The summed E-state index contributed by atoms with van der Waals surface area (Å²) in [5.41, 5.74) is 4.42. The van der Waals surface area contributed by atoms with Gasteiger partial charge in [-0.15, -0.1) is 0 Å². The molecule has 6 heteroatoms. The standard InChI is InChI=1S/C25H26N2O3S/c1-17-4-3-5-22(14-17)31(28,29)27-23-15-26-16-24(27)25(23)20-8-6-18(7-9-20)19-10-12-21(30-2)13-11-19/h3-14,23-26H,15-16H2,1-2H3/t23-,24+,25?. The number of hydrogen-bond donors (Lipinski definition) is 1. The number of methoxy groups -OCH3 is 1. The maximum atomic E-state index is 13.3. The molecule has 5 rings (SSSR count). The number of fused-ring (bicyclic) bond motifs is 2. The Hall–Kier alpha value is -2.67. The average Bonchev–Trinajstić information content (AvgIpc) is 2.80. The highest BCUT2D eigenvalue weighted by atomic mass is 32.2. The Morgan fingerprint density at radius 2 is 1.52 bits per heavy atom. The van der Waals surface area contributed by atoms with E-state index in [9.17, 15) is 8.42 Å². The lowest BCUT2D eigenvalue weighted by Gasteiger charge is -2.57. The molecule has 2 aliphatic heterocycles. The second-order valence-electron chi connectivity index (χ2n) is 8.32. The molecule has 3 aromatic rings. The molecule has 3 aromatic carbocycles. The number of aryl methyl sites for hydroxylation is 1. The zero-order chi connectivity index (χ0) is 21.6. The van der Waals surface area contributed by atoms with Crippen molar-refractivity contribution in [2.45, 2.75) is 29.8 Å². The van der Waals surface area contributed by atoms with Gasteiger partial charge in [-0.1, -0.05) is 48.5 Å². The van der Waals surface area contributed by atoms with Gasteiger partial charge in [0.1, 0.15) is 5.75 Å². The van der Waals surface area contributed by atoms with Gasteiger partial charge in [-0.05, 0) is 53.4 Å². The first-order chi connectivity index (χ1) is 15.0. The summed E-state index contributed by atoms with van der Waals surface area (Å²) in [6, 6.07) is 23.6. The van der Waals surface area contributed by atoms with Crippen LogP contribution < -0.4 is 10.1 Å². The van der Waals surface area contributed by atoms with Crippen LogP contribution in [0.2, 0.25) is 0 Å². The number of benzene rings is 3. The fourth-order valence-electron chi connectivity index (χ4n) is 4.91. The van der Waals surface area contributed by atoms with Crippen LogP contribution >= 0.6 is 0 Å². The number of sulfonamides is 1. The van der Waals surface area contributed by atoms with E-state index in [1.807, 2.05) is 43.3 Å². The molecule has 160 valence electrons. The van der Waals surface area contributed by atoms with Crippen LogP contribution in [0.25, 0.3) is 11.1 Å². The first kappa shape index (κ1) is 20.2. The van der Waals surface area contributed by atoms with Crippen LogP contribution in [-0.4, -0.2) is 45.0 Å². The van der Waals surface area contributed by atoms with Crippen molar-refractivity contribution in [3.8, 4) is 16.9 Å². The van der Waals surface area contributed by atoms with Crippen molar-refractivity contribution in [3.05, 3.63) is 83.9 Å². The predicted molar refractivity (Wildman–Crippen MR) is 122 cm³/mol. The monoisotopic (exact) mass is 434 g/mol. The van der Waals surface area contributed by atoms with Crippen molar-refractivity contribution in [3.63, 3.8) is 0 Å². The smallest absolute Gasteiger partial charge is 0.243 e. The van der Waals surface area contributed by atoms with Crippen LogP contribution in [0.1, 0.15) is 17.0 Å². The third-order valence-electron chi connectivity index (χ3n) is 6.47. The van der Waals surface area contributed by atoms with Crippen LogP contribution in [0.15, 0.2) is 77.7 Å². The van der Waals surface area contributed by atoms with E-state index < -0.39 is 10.0 Å². The largest absolute Gasteiger partial charge is 0.497 e. The Bertz CT molecular complexity index is 1180. The Morgan fingerprint density at radius 3 is 2.10 bits per heavy atom. The van der Waals surface area contributed by atoms with Gasteiger partial charge in [-0.3, -0.25) is 0 Å². The van der Waals surface area contributed by atoms with E-state index in [0.717, 1.165) is 22.4 Å². The maximum absolute atomic E-state index is 13.3. The second-order valence-corrected chi connectivity index (χ2v) is 10.2. The minimum Gasteiger partial charge on any atom is -0.497 e. The summed E-state index contributed by atoms with van der Waals surface area (Å²) in [7, 11) is -1.84. The first-order valence-electron chi connectivity index (χ1n) is 10.5. The molecule has 31 heavy (non-hydrogen) atoms. The van der Waals surface area contributed by atoms with Crippen molar-refractivity contribution >= 4 is 10.0 Å². The summed E-state index contributed by atoms with van der Waals surface area (Å²) in [5.74, 6) is 1.05. The fraction of sp³-hybridized carbons (Fsp3) is 0.280. The first-order valence-corrected chi connectivity index (χ1v) is 12.0. The molecule has 2 fully saturated rings. The number of nitrogens with one attached hydrogen (secondary N) is 1. The normalized spacial score (nSPS) is 23.2. The molecular formula is C25H26N2O3S. The number of rotatable bonds is 5. The van der Waals surface area contributed by atoms with Gasteiger partial charge in [0, 0.05) is 31.1 Å². The molecule has 2 bridgehead atoms. The quantitative estimate of drug-likeness (QED) is 0.664. The number of piperidine rings is 1. The summed E-state index contributed by atoms with van der Waals surface area (Å²) in [6.45, 7) is 3.27. The van der Waals surface area contributed by atoms with E-state index in [4.69, 9.17) is 4.74 Å². The van der Waals surface area contributed by atoms with Gasteiger partial charge >= 0.3 is 0 Å². The predicted octanol–water partition coefficient (Wildman–Crippen LogP) is 3.80. The molecule has 5 nitrogen and oxygen atoms in total. The lowest BCUT2D eigenvalue weighted by atomic mass is 9.74. The summed E-state index contributed by atoms with van der Waals surface area (Å²) >= 11 is 0. The van der Waals surface area contributed by atoms with Crippen LogP contribution in [0.3, 0.4) is 0 Å². The van der Waals surface area contributed by atoms with Crippen molar-refractivity contribution in [1.29, 1.82) is 0 Å². The summed E-state index contributed by atoms with van der Waals surface area (Å²) < 4.78 is 33.6. The second kappa shape index (κ2) is 7.79. The van der Waals surface area contributed by atoms with E-state index in [1.165, 1.54) is 5.56 Å². The Labute approximate surface area is 183 Å². The number of piperazine rings is 1. The molecule has 3 atom stereocenters. The highest BCUT2D eigenvalue weighted by Gasteiger charge is 2.56. The van der Waals surface area contributed by atoms with Crippen LogP contribution in [0.5, 0.6) is 5.75 Å². The lowest BCUT2D eigenvalue weighted by Crippen LogP contribution is -2.73. The highest BCUT2D eigenvalue weighted by Crippen LogP contribution is 2.46. The zero-order valence-corrected chi connectivity index (χ0v) is 18.5.